The lowest BCUT2D eigenvalue weighted by atomic mass is 10.1. The number of nitrogens with zero attached hydrogens (tertiary/aromatic N) is 2. The maximum Gasteiger partial charge on any atom is 0.263 e. The van der Waals surface area contributed by atoms with Gasteiger partial charge in [-0.2, -0.15) is 5.10 Å². The van der Waals surface area contributed by atoms with Crippen molar-refractivity contribution in [2.45, 2.75) is 4.90 Å². The molecule has 0 aliphatic carbocycles. The number of rotatable bonds is 4. The normalized spacial score (nSPS) is 11.3. The summed E-state index contributed by atoms with van der Waals surface area (Å²) in [7, 11) is -1.90. The van der Waals surface area contributed by atoms with Crippen LogP contribution in [0.4, 0.5) is 5.82 Å². The topological polar surface area (TPSA) is 64.0 Å². The number of benzene rings is 2. The molecule has 0 bridgehead atoms. The summed E-state index contributed by atoms with van der Waals surface area (Å²) in [5, 5.41) is 4.22. The number of nitrogens with one attached hydrogen (secondary N) is 1. The van der Waals surface area contributed by atoms with Crippen LogP contribution >= 0.6 is 0 Å². The SMILES string of the molecule is Cn1cc(-c2ccccc2)c(NS(=O)(=O)c2ccccc2)n1. The molecule has 0 aliphatic rings. The van der Waals surface area contributed by atoms with Crippen LogP contribution < -0.4 is 4.72 Å². The van der Waals surface area contributed by atoms with Gasteiger partial charge in [0.15, 0.2) is 5.82 Å². The van der Waals surface area contributed by atoms with Crippen LogP contribution in [0, 0.1) is 0 Å². The monoisotopic (exact) mass is 313 g/mol. The third-order valence-corrected chi connectivity index (χ3v) is 4.55. The summed E-state index contributed by atoms with van der Waals surface area (Å²) in [5.41, 5.74) is 1.64. The number of sulfonamides is 1. The van der Waals surface area contributed by atoms with Gasteiger partial charge in [-0.15, -0.1) is 0 Å². The molecule has 0 radical (unpaired) electrons. The minimum Gasteiger partial charge on any atom is -0.273 e. The highest BCUT2D eigenvalue weighted by Crippen LogP contribution is 2.28. The fourth-order valence-electron chi connectivity index (χ4n) is 2.18. The summed E-state index contributed by atoms with van der Waals surface area (Å²) in [5.74, 6) is 0.317. The Bertz CT molecular complexity index is 872. The molecule has 0 atom stereocenters. The lowest BCUT2D eigenvalue weighted by molar-refractivity contribution is 0.601. The van der Waals surface area contributed by atoms with E-state index in [-0.39, 0.29) is 4.90 Å². The van der Waals surface area contributed by atoms with Crippen molar-refractivity contribution in [3.05, 3.63) is 66.9 Å². The molecule has 0 aliphatic heterocycles. The largest absolute Gasteiger partial charge is 0.273 e. The zero-order valence-electron chi connectivity index (χ0n) is 12.0. The van der Waals surface area contributed by atoms with Crippen molar-refractivity contribution in [2.24, 2.45) is 7.05 Å². The molecule has 1 aromatic heterocycles. The van der Waals surface area contributed by atoms with E-state index in [4.69, 9.17) is 0 Å². The number of hydrogen-bond donors (Lipinski definition) is 1. The van der Waals surface area contributed by atoms with Gasteiger partial charge in [0.25, 0.3) is 10.0 Å². The third-order valence-electron chi connectivity index (χ3n) is 3.20. The van der Waals surface area contributed by atoms with Crippen LogP contribution in [0.2, 0.25) is 0 Å². The van der Waals surface area contributed by atoms with E-state index in [2.05, 4.69) is 9.82 Å². The van der Waals surface area contributed by atoms with E-state index in [0.717, 1.165) is 11.1 Å². The second-order valence-corrected chi connectivity index (χ2v) is 6.53. The van der Waals surface area contributed by atoms with Gasteiger partial charge < -0.3 is 0 Å². The molecular weight excluding hydrogens is 298 g/mol. The molecule has 1 heterocycles. The maximum absolute atomic E-state index is 12.4. The van der Waals surface area contributed by atoms with Crippen LogP contribution in [-0.2, 0) is 17.1 Å². The summed E-state index contributed by atoms with van der Waals surface area (Å²) in [4.78, 5) is 0.208. The fraction of sp³-hybridized carbons (Fsp3) is 0.0625. The van der Waals surface area contributed by atoms with Crippen LogP contribution in [0.15, 0.2) is 71.8 Å². The second kappa shape index (κ2) is 5.65. The van der Waals surface area contributed by atoms with Gasteiger partial charge in [-0.05, 0) is 17.7 Å². The van der Waals surface area contributed by atoms with Gasteiger partial charge in [0.05, 0.1) is 4.90 Å². The lowest BCUT2D eigenvalue weighted by Gasteiger charge is -2.07. The number of aromatic nitrogens is 2. The van der Waals surface area contributed by atoms with Crippen molar-refractivity contribution in [1.82, 2.24) is 9.78 Å². The van der Waals surface area contributed by atoms with Crippen LogP contribution in [0.5, 0.6) is 0 Å². The highest BCUT2D eigenvalue weighted by molar-refractivity contribution is 7.92. The van der Waals surface area contributed by atoms with Crippen LogP contribution in [0.3, 0.4) is 0 Å². The molecule has 6 heteroatoms. The maximum atomic E-state index is 12.4. The summed E-state index contributed by atoms with van der Waals surface area (Å²) in [6, 6.07) is 17.8. The molecule has 1 N–H and O–H groups in total. The minimum absolute atomic E-state index is 0.208. The zero-order chi connectivity index (χ0) is 15.6. The summed E-state index contributed by atoms with van der Waals surface area (Å²) < 4.78 is 29.0. The Morgan fingerprint density at radius 1 is 0.955 bits per heavy atom. The van der Waals surface area contributed by atoms with Crippen molar-refractivity contribution in [1.29, 1.82) is 0 Å². The van der Waals surface area contributed by atoms with Gasteiger partial charge in [0, 0.05) is 18.8 Å². The van der Waals surface area contributed by atoms with E-state index in [1.165, 1.54) is 0 Å². The van der Waals surface area contributed by atoms with E-state index in [1.54, 1.807) is 48.3 Å². The molecular formula is C16H15N3O2S. The predicted molar refractivity (Wildman–Crippen MR) is 85.9 cm³/mol. The van der Waals surface area contributed by atoms with Gasteiger partial charge in [-0.3, -0.25) is 9.40 Å². The number of anilines is 1. The molecule has 3 aromatic rings. The Kier molecular flexibility index (Phi) is 3.68. The fourth-order valence-corrected chi connectivity index (χ4v) is 3.22. The van der Waals surface area contributed by atoms with Crippen LogP contribution in [-0.4, -0.2) is 18.2 Å². The molecule has 0 unspecified atom stereocenters. The van der Waals surface area contributed by atoms with E-state index >= 15 is 0 Å². The number of hydrogen-bond acceptors (Lipinski definition) is 3. The van der Waals surface area contributed by atoms with Crippen LogP contribution in [0.1, 0.15) is 0 Å². The standard InChI is InChI=1S/C16H15N3O2S/c1-19-12-15(13-8-4-2-5-9-13)16(17-19)18-22(20,21)14-10-6-3-7-11-14/h2-12H,1H3,(H,17,18). The van der Waals surface area contributed by atoms with Crippen molar-refractivity contribution in [3.63, 3.8) is 0 Å². The molecule has 3 rings (SSSR count). The zero-order valence-corrected chi connectivity index (χ0v) is 12.8. The Balaban J connectivity index is 2.00. The Hall–Kier alpha value is -2.60. The highest BCUT2D eigenvalue weighted by Gasteiger charge is 2.18. The van der Waals surface area contributed by atoms with E-state index in [9.17, 15) is 8.42 Å². The molecule has 0 saturated carbocycles. The van der Waals surface area contributed by atoms with Gasteiger partial charge in [0.2, 0.25) is 0 Å². The van der Waals surface area contributed by atoms with Crippen molar-refractivity contribution in [2.75, 3.05) is 4.72 Å². The van der Waals surface area contributed by atoms with Gasteiger partial charge in [-0.25, -0.2) is 8.42 Å². The van der Waals surface area contributed by atoms with Crippen molar-refractivity contribution < 1.29 is 8.42 Å². The minimum atomic E-state index is -3.66. The van der Waals surface area contributed by atoms with Crippen molar-refractivity contribution >= 4 is 15.8 Å². The average Bonchev–Trinajstić information content (AvgIpc) is 2.89. The smallest absolute Gasteiger partial charge is 0.263 e. The third kappa shape index (κ3) is 2.87. The Labute approximate surface area is 129 Å². The molecule has 2 aromatic carbocycles. The van der Waals surface area contributed by atoms with Crippen LogP contribution in [0.25, 0.3) is 11.1 Å². The van der Waals surface area contributed by atoms with E-state index in [1.807, 2.05) is 30.3 Å². The second-order valence-electron chi connectivity index (χ2n) is 4.85. The van der Waals surface area contributed by atoms with Gasteiger partial charge in [0.1, 0.15) is 0 Å². The lowest BCUT2D eigenvalue weighted by Crippen LogP contribution is -2.14. The Morgan fingerprint density at radius 2 is 1.55 bits per heavy atom. The molecule has 0 amide bonds. The first kappa shape index (κ1) is 14.3. The average molecular weight is 313 g/mol. The molecule has 5 nitrogen and oxygen atoms in total. The summed E-state index contributed by atoms with van der Waals surface area (Å²) in [6.07, 6.45) is 1.79. The predicted octanol–water partition coefficient (Wildman–Crippen LogP) is 2.89. The molecule has 0 fully saturated rings. The van der Waals surface area contributed by atoms with Crippen molar-refractivity contribution in [3.8, 4) is 11.1 Å². The summed E-state index contributed by atoms with van der Waals surface area (Å²) in [6.45, 7) is 0. The first-order valence-corrected chi connectivity index (χ1v) is 8.21. The molecule has 0 saturated heterocycles. The molecule has 0 spiro atoms. The Morgan fingerprint density at radius 3 is 2.18 bits per heavy atom. The van der Waals surface area contributed by atoms with E-state index < -0.39 is 10.0 Å². The van der Waals surface area contributed by atoms with E-state index in [0.29, 0.717) is 5.82 Å². The molecule has 112 valence electrons. The van der Waals surface area contributed by atoms with Gasteiger partial charge in [-0.1, -0.05) is 48.5 Å². The summed E-state index contributed by atoms with van der Waals surface area (Å²) >= 11 is 0. The molecule has 22 heavy (non-hydrogen) atoms. The number of aryl methyl sites for hydroxylation is 1. The van der Waals surface area contributed by atoms with Gasteiger partial charge >= 0.3 is 0 Å². The first-order valence-electron chi connectivity index (χ1n) is 6.73. The first-order chi connectivity index (χ1) is 10.6. The highest BCUT2D eigenvalue weighted by atomic mass is 32.2. The quantitative estimate of drug-likeness (QED) is 0.805.